The van der Waals surface area contributed by atoms with Crippen molar-refractivity contribution in [3.63, 3.8) is 0 Å². The van der Waals surface area contributed by atoms with Crippen LogP contribution < -0.4 is 0 Å². The molecule has 0 bridgehead atoms. The molecule has 5 nitrogen and oxygen atoms in total. The first kappa shape index (κ1) is 15.9. The van der Waals surface area contributed by atoms with Crippen molar-refractivity contribution in [1.82, 2.24) is 0 Å². The lowest BCUT2D eigenvalue weighted by atomic mass is 9.96. The molecule has 2 heterocycles. The van der Waals surface area contributed by atoms with E-state index in [1.165, 1.54) is 0 Å². The van der Waals surface area contributed by atoms with Crippen molar-refractivity contribution in [1.29, 1.82) is 0 Å². The molecule has 0 aromatic heterocycles. The van der Waals surface area contributed by atoms with Gasteiger partial charge >= 0.3 is 0 Å². The number of hydrogen-bond donors (Lipinski definition) is 1. The first-order valence-corrected chi connectivity index (χ1v) is 6.85. The molecular formula is C13H20B2O5. The highest BCUT2D eigenvalue weighted by molar-refractivity contribution is 6.11. The molecule has 2 rings (SSSR count). The first-order valence-electron chi connectivity index (χ1n) is 6.85. The second kappa shape index (κ2) is 6.98. The summed E-state index contributed by atoms with van der Waals surface area (Å²) in [6, 6.07) is -0.793. The molecule has 2 saturated heterocycles. The molecule has 2 fully saturated rings. The molecule has 6 atom stereocenters. The van der Waals surface area contributed by atoms with E-state index in [9.17, 15) is 5.11 Å². The van der Waals surface area contributed by atoms with Crippen molar-refractivity contribution >= 4 is 15.7 Å². The zero-order valence-corrected chi connectivity index (χ0v) is 11.7. The highest BCUT2D eigenvalue weighted by Gasteiger charge is 2.37. The molecule has 2 aliphatic heterocycles. The standard InChI is InChI=1S/C13H20B2O5/c1-7(2)17-6-11-9(4-13(15)20-11)18-5-10-8(16)3-12(14)19-10/h8-13,16H,1,3-6H2,2H3. The zero-order chi connectivity index (χ0) is 14.7. The molecule has 0 aromatic rings. The van der Waals surface area contributed by atoms with Crippen LogP contribution in [0.5, 0.6) is 0 Å². The molecule has 0 aromatic carbocycles. The maximum absolute atomic E-state index is 9.75. The van der Waals surface area contributed by atoms with Gasteiger partial charge in [0, 0.05) is 12.0 Å². The van der Waals surface area contributed by atoms with E-state index in [4.69, 9.17) is 34.6 Å². The summed E-state index contributed by atoms with van der Waals surface area (Å²) in [5.41, 5.74) is 0. The molecule has 4 radical (unpaired) electrons. The summed E-state index contributed by atoms with van der Waals surface area (Å²) in [5.74, 6) is 0.619. The third-order valence-corrected chi connectivity index (χ3v) is 3.45. The van der Waals surface area contributed by atoms with Crippen molar-refractivity contribution in [2.45, 2.75) is 56.2 Å². The van der Waals surface area contributed by atoms with E-state index in [1.54, 1.807) is 6.92 Å². The number of aliphatic hydroxyl groups is 1. The lowest BCUT2D eigenvalue weighted by Crippen LogP contribution is -2.34. The normalized spacial score (nSPS) is 40.9. The van der Waals surface area contributed by atoms with Crippen molar-refractivity contribution in [2.24, 2.45) is 0 Å². The molecule has 7 heteroatoms. The van der Waals surface area contributed by atoms with Gasteiger partial charge in [0.1, 0.15) is 34.5 Å². The van der Waals surface area contributed by atoms with E-state index in [0.717, 1.165) is 0 Å². The Morgan fingerprint density at radius 2 is 1.85 bits per heavy atom. The fourth-order valence-electron chi connectivity index (χ4n) is 2.42. The molecule has 108 valence electrons. The van der Waals surface area contributed by atoms with Gasteiger partial charge in [-0.15, -0.1) is 0 Å². The number of ether oxygens (including phenoxy) is 4. The van der Waals surface area contributed by atoms with Gasteiger partial charge in [0.25, 0.3) is 0 Å². The van der Waals surface area contributed by atoms with E-state index in [1.807, 2.05) is 0 Å². The van der Waals surface area contributed by atoms with Gasteiger partial charge in [-0.3, -0.25) is 0 Å². The fraction of sp³-hybridized carbons (Fsp3) is 0.846. The molecule has 0 saturated carbocycles. The summed E-state index contributed by atoms with van der Waals surface area (Å²) in [5, 5.41) is 9.75. The van der Waals surface area contributed by atoms with Gasteiger partial charge in [-0.1, -0.05) is 6.58 Å². The Kier molecular flexibility index (Phi) is 5.55. The third kappa shape index (κ3) is 4.25. The summed E-state index contributed by atoms with van der Waals surface area (Å²) in [7, 11) is 11.4. The van der Waals surface area contributed by atoms with Crippen LogP contribution in [0.4, 0.5) is 0 Å². The van der Waals surface area contributed by atoms with Crippen molar-refractivity contribution < 1.29 is 24.1 Å². The Labute approximate surface area is 122 Å². The van der Waals surface area contributed by atoms with Crippen LogP contribution in [0, 0.1) is 0 Å². The molecule has 1 N–H and O–H groups in total. The summed E-state index contributed by atoms with van der Waals surface area (Å²) in [6.07, 6.45) is -0.405. The predicted octanol–water partition coefficient (Wildman–Crippen LogP) is -0.150. The minimum absolute atomic E-state index is 0.183. The first-order chi connectivity index (χ1) is 9.45. The van der Waals surface area contributed by atoms with Crippen LogP contribution in [0.25, 0.3) is 0 Å². The SMILES string of the molecule is [B]C1CC(O)C(COC2CC([B])OC2COC(=C)C)O1. The number of rotatable bonds is 6. The largest absolute Gasteiger partial charge is 0.496 e. The highest BCUT2D eigenvalue weighted by Crippen LogP contribution is 2.25. The van der Waals surface area contributed by atoms with Gasteiger partial charge in [-0.2, -0.15) is 0 Å². The summed E-state index contributed by atoms with van der Waals surface area (Å²) in [6.45, 7) is 6.05. The molecule has 0 amide bonds. The van der Waals surface area contributed by atoms with E-state index in [-0.39, 0.29) is 24.8 Å². The van der Waals surface area contributed by atoms with Crippen LogP contribution in [-0.4, -0.2) is 70.4 Å². The van der Waals surface area contributed by atoms with E-state index in [2.05, 4.69) is 6.58 Å². The van der Waals surface area contributed by atoms with Crippen molar-refractivity contribution in [3.8, 4) is 0 Å². The zero-order valence-electron chi connectivity index (χ0n) is 11.7. The predicted molar refractivity (Wildman–Crippen MR) is 74.6 cm³/mol. The maximum Gasteiger partial charge on any atom is 0.117 e. The lowest BCUT2D eigenvalue weighted by molar-refractivity contribution is -0.0845. The van der Waals surface area contributed by atoms with Gasteiger partial charge in [-0.25, -0.2) is 0 Å². The molecule has 0 spiro atoms. The van der Waals surface area contributed by atoms with Gasteiger partial charge in [-0.05, 0) is 19.8 Å². The molecule has 20 heavy (non-hydrogen) atoms. The second-order valence-electron chi connectivity index (χ2n) is 5.35. The van der Waals surface area contributed by atoms with Crippen molar-refractivity contribution in [2.75, 3.05) is 13.2 Å². The topological polar surface area (TPSA) is 57.2 Å². The summed E-state index contributed by atoms with van der Waals surface area (Å²) >= 11 is 0. The van der Waals surface area contributed by atoms with Crippen LogP contribution in [0.2, 0.25) is 0 Å². The van der Waals surface area contributed by atoms with Crippen LogP contribution >= 0.6 is 0 Å². The Bertz CT molecular complexity index is 341. The molecule has 6 unspecified atom stereocenters. The van der Waals surface area contributed by atoms with Crippen LogP contribution in [0.3, 0.4) is 0 Å². The third-order valence-electron chi connectivity index (χ3n) is 3.45. The Balaban J connectivity index is 1.79. The van der Waals surface area contributed by atoms with Crippen molar-refractivity contribution in [3.05, 3.63) is 12.3 Å². The monoisotopic (exact) mass is 278 g/mol. The molecule has 0 aliphatic carbocycles. The van der Waals surface area contributed by atoms with Gasteiger partial charge in [0.15, 0.2) is 0 Å². The Morgan fingerprint density at radius 1 is 1.20 bits per heavy atom. The molecular weight excluding hydrogens is 258 g/mol. The molecule has 2 aliphatic rings. The van der Waals surface area contributed by atoms with E-state index >= 15 is 0 Å². The van der Waals surface area contributed by atoms with Gasteiger partial charge in [0.2, 0.25) is 0 Å². The highest BCUT2D eigenvalue weighted by atomic mass is 16.6. The average molecular weight is 278 g/mol. The quantitative estimate of drug-likeness (QED) is 0.541. The van der Waals surface area contributed by atoms with Gasteiger partial charge in [0.05, 0.1) is 24.6 Å². The second-order valence-corrected chi connectivity index (χ2v) is 5.35. The minimum atomic E-state index is -0.592. The van der Waals surface area contributed by atoms with Crippen LogP contribution in [0.15, 0.2) is 12.3 Å². The fourth-order valence-corrected chi connectivity index (χ4v) is 2.42. The number of aliphatic hydroxyl groups excluding tert-OH is 1. The maximum atomic E-state index is 9.75. The smallest absolute Gasteiger partial charge is 0.117 e. The summed E-state index contributed by atoms with van der Waals surface area (Å²) < 4.78 is 22.0. The lowest BCUT2D eigenvalue weighted by Gasteiger charge is -2.22. The number of hydrogen-bond acceptors (Lipinski definition) is 5. The minimum Gasteiger partial charge on any atom is -0.496 e. The van der Waals surface area contributed by atoms with Crippen LogP contribution in [-0.2, 0) is 18.9 Å². The van der Waals surface area contributed by atoms with Crippen LogP contribution in [0.1, 0.15) is 19.8 Å². The van der Waals surface area contributed by atoms with E-state index < -0.39 is 18.2 Å². The Hall–Kier alpha value is -0.490. The van der Waals surface area contributed by atoms with Gasteiger partial charge < -0.3 is 24.1 Å². The summed E-state index contributed by atoms with van der Waals surface area (Å²) in [4.78, 5) is 0. The average Bonchev–Trinajstić information content (AvgIpc) is 2.86. The van der Waals surface area contributed by atoms with E-state index in [0.29, 0.717) is 25.2 Å². The number of allylic oxidation sites excluding steroid dienone is 1. The Morgan fingerprint density at radius 3 is 2.45 bits per heavy atom.